The summed E-state index contributed by atoms with van der Waals surface area (Å²) in [6.45, 7) is 8.29. The van der Waals surface area contributed by atoms with Crippen molar-refractivity contribution in [3.8, 4) is 16.3 Å². The van der Waals surface area contributed by atoms with Crippen molar-refractivity contribution in [3.05, 3.63) is 57.3 Å². The fraction of sp³-hybridized carbons (Fsp3) is 0.407. The average molecular weight is 536 g/mol. The number of hydrogen-bond donors (Lipinski definition) is 1. The second kappa shape index (κ2) is 9.25. The predicted octanol–water partition coefficient (Wildman–Crippen LogP) is 5.53. The summed E-state index contributed by atoms with van der Waals surface area (Å²) in [5.41, 5.74) is 4.61. The van der Waals surface area contributed by atoms with Crippen LogP contribution in [0.5, 0.6) is 5.88 Å². The van der Waals surface area contributed by atoms with Gasteiger partial charge in [0.15, 0.2) is 4.96 Å². The monoisotopic (exact) mass is 535 g/mol. The average Bonchev–Trinajstić information content (AvgIpc) is 3.68. The molecule has 0 radical (unpaired) electrons. The minimum Gasteiger partial charge on any atom is -0.391 e. The van der Waals surface area contributed by atoms with Gasteiger partial charge in [0, 0.05) is 24.2 Å². The normalized spacial score (nSPS) is 20.6. The summed E-state index contributed by atoms with van der Waals surface area (Å²) in [6, 6.07) is 6.39. The van der Waals surface area contributed by atoms with Crippen LogP contribution in [0.4, 0.5) is 4.79 Å². The number of amides is 2. The minimum atomic E-state index is -0.536. The molecule has 3 atom stereocenters. The predicted molar refractivity (Wildman–Crippen MR) is 145 cm³/mol. The first kappa shape index (κ1) is 24.1. The van der Waals surface area contributed by atoms with Gasteiger partial charge in [0.2, 0.25) is 5.88 Å². The number of nitrogens with one attached hydrogen (secondary N) is 1. The van der Waals surface area contributed by atoms with Crippen LogP contribution in [0, 0.1) is 33.6 Å². The highest BCUT2D eigenvalue weighted by Crippen LogP contribution is 2.44. The number of aromatic nitrogens is 3. The van der Waals surface area contributed by atoms with Crippen molar-refractivity contribution in [2.24, 2.45) is 5.92 Å². The Morgan fingerprint density at radius 2 is 1.97 bits per heavy atom. The first-order valence-electron chi connectivity index (χ1n) is 12.6. The number of fused-ring (bicyclic) bond motifs is 3. The maximum Gasteiger partial charge on any atom is 0.414 e. The van der Waals surface area contributed by atoms with Crippen LogP contribution in [0.25, 0.3) is 15.4 Å². The van der Waals surface area contributed by atoms with Gasteiger partial charge in [-0.3, -0.25) is 9.20 Å². The molecule has 8 nitrogen and oxygen atoms in total. The van der Waals surface area contributed by atoms with Crippen molar-refractivity contribution in [3.63, 3.8) is 0 Å². The molecule has 1 aliphatic carbocycles. The summed E-state index contributed by atoms with van der Waals surface area (Å²) in [5, 5.41) is 5.69. The second-order valence-corrected chi connectivity index (χ2v) is 12.1. The van der Waals surface area contributed by atoms with Gasteiger partial charge >= 0.3 is 6.09 Å². The molecule has 10 heteroatoms. The van der Waals surface area contributed by atoms with Gasteiger partial charge in [0.05, 0.1) is 15.9 Å². The number of ether oxygens (including phenoxy) is 1. The molecule has 1 N–H and O–H groups in total. The van der Waals surface area contributed by atoms with Gasteiger partial charge in [0.1, 0.15) is 11.4 Å². The van der Waals surface area contributed by atoms with Crippen LogP contribution >= 0.6 is 22.7 Å². The Hall–Kier alpha value is -3.24. The Morgan fingerprint density at radius 3 is 2.78 bits per heavy atom. The first-order chi connectivity index (χ1) is 17.8. The van der Waals surface area contributed by atoms with E-state index in [-0.39, 0.29) is 18.0 Å². The number of likely N-dealkylation sites (tertiary alicyclic amines) is 1. The molecule has 3 aromatic heterocycles. The molecule has 4 aromatic rings. The first-order valence-corrected chi connectivity index (χ1v) is 14.3. The lowest BCUT2D eigenvalue weighted by molar-refractivity contribution is 0.0585. The summed E-state index contributed by atoms with van der Waals surface area (Å²) in [4.78, 5) is 39.5. The van der Waals surface area contributed by atoms with Gasteiger partial charge in [-0.15, -0.1) is 22.7 Å². The molecule has 2 aliphatic rings. The number of benzene rings is 1. The molecule has 1 aromatic carbocycles. The second-order valence-electron chi connectivity index (χ2n) is 10.0. The smallest absolute Gasteiger partial charge is 0.391 e. The number of piperidine rings is 1. The van der Waals surface area contributed by atoms with Crippen LogP contribution in [0.1, 0.15) is 51.6 Å². The van der Waals surface area contributed by atoms with E-state index >= 15 is 0 Å². The number of carbonyl (C=O) groups excluding carboxylic acids is 2. The quantitative estimate of drug-likeness (QED) is 0.363. The van der Waals surface area contributed by atoms with Gasteiger partial charge < -0.3 is 15.0 Å². The summed E-state index contributed by atoms with van der Waals surface area (Å²) in [7, 11) is 0. The maximum absolute atomic E-state index is 14.0. The molecular formula is C27H29N5O3S2. The van der Waals surface area contributed by atoms with Crippen molar-refractivity contribution in [2.75, 3.05) is 6.54 Å². The molecule has 6 rings (SSSR count). The zero-order chi connectivity index (χ0) is 25.8. The molecule has 4 heterocycles. The zero-order valence-corrected chi connectivity index (χ0v) is 22.9. The fourth-order valence-corrected chi connectivity index (χ4v) is 7.41. The van der Waals surface area contributed by atoms with Crippen molar-refractivity contribution < 1.29 is 14.3 Å². The third-order valence-electron chi connectivity index (χ3n) is 7.71. The van der Waals surface area contributed by atoms with Crippen LogP contribution < -0.4 is 10.1 Å². The number of hydrogen-bond acceptors (Lipinski definition) is 7. The van der Waals surface area contributed by atoms with E-state index in [2.05, 4.69) is 47.3 Å². The lowest BCUT2D eigenvalue weighted by Gasteiger charge is -2.35. The van der Waals surface area contributed by atoms with Crippen molar-refractivity contribution in [1.82, 2.24) is 24.6 Å². The molecule has 0 unspecified atom stereocenters. The molecular weight excluding hydrogens is 506 g/mol. The Morgan fingerprint density at radius 1 is 1.14 bits per heavy atom. The number of aryl methyl sites for hydroxylation is 4. The number of carbonyl (C=O) groups is 2. The third-order valence-corrected chi connectivity index (χ3v) is 9.48. The molecule has 1 saturated heterocycles. The summed E-state index contributed by atoms with van der Waals surface area (Å²) >= 11 is 3.04. The van der Waals surface area contributed by atoms with Gasteiger partial charge in [0.25, 0.3) is 5.91 Å². The van der Waals surface area contributed by atoms with Crippen molar-refractivity contribution in [1.29, 1.82) is 0 Å². The molecule has 1 aliphatic heterocycles. The van der Waals surface area contributed by atoms with E-state index in [0.717, 1.165) is 39.7 Å². The van der Waals surface area contributed by atoms with Crippen LogP contribution in [-0.2, 0) is 0 Å². The van der Waals surface area contributed by atoms with Gasteiger partial charge in [-0.25, -0.2) is 14.8 Å². The van der Waals surface area contributed by atoms with E-state index in [1.165, 1.54) is 22.5 Å². The van der Waals surface area contributed by atoms with Crippen molar-refractivity contribution in [2.45, 2.75) is 59.0 Å². The van der Waals surface area contributed by atoms with Gasteiger partial charge in [-0.2, -0.15) is 0 Å². The van der Waals surface area contributed by atoms with Crippen LogP contribution in [-0.4, -0.2) is 49.9 Å². The summed E-state index contributed by atoms with van der Waals surface area (Å²) in [5.74, 6) is 0.738. The van der Waals surface area contributed by atoms with E-state index in [4.69, 9.17) is 4.74 Å². The van der Waals surface area contributed by atoms with E-state index in [9.17, 15) is 9.59 Å². The lowest BCUT2D eigenvalue weighted by Crippen LogP contribution is -2.50. The number of rotatable bonds is 5. The maximum atomic E-state index is 14.0. The van der Waals surface area contributed by atoms with E-state index in [0.29, 0.717) is 29.7 Å². The SMILES string of the molecule is Cc1nc(C(=O)N2[C@@H]3CC[C@@H](C3)[C@H]2CNC(=O)Oc2c(C)nc3sccn23)c(-c2ccc(C)c(C)c2)s1. The molecule has 0 spiro atoms. The Kier molecular flexibility index (Phi) is 6.03. The Labute approximate surface area is 223 Å². The van der Waals surface area contributed by atoms with E-state index in [1.54, 1.807) is 15.7 Å². The molecule has 2 bridgehead atoms. The largest absolute Gasteiger partial charge is 0.414 e. The molecule has 37 heavy (non-hydrogen) atoms. The summed E-state index contributed by atoms with van der Waals surface area (Å²) < 4.78 is 7.39. The number of thiazole rings is 2. The summed E-state index contributed by atoms with van der Waals surface area (Å²) in [6.07, 6.45) is 4.32. The molecule has 2 amide bonds. The van der Waals surface area contributed by atoms with E-state index < -0.39 is 6.09 Å². The minimum absolute atomic E-state index is 0.0449. The zero-order valence-electron chi connectivity index (χ0n) is 21.3. The third kappa shape index (κ3) is 4.21. The molecule has 1 saturated carbocycles. The highest BCUT2D eigenvalue weighted by Gasteiger charge is 2.49. The Balaban J connectivity index is 1.21. The topological polar surface area (TPSA) is 88.8 Å². The molecule has 192 valence electrons. The highest BCUT2D eigenvalue weighted by atomic mass is 32.1. The highest BCUT2D eigenvalue weighted by molar-refractivity contribution is 7.15. The van der Waals surface area contributed by atoms with Crippen molar-refractivity contribution >= 4 is 39.6 Å². The number of nitrogens with zero attached hydrogens (tertiary/aromatic N) is 4. The van der Waals surface area contributed by atoms with Crippen LogP contribution in [0.2, 0.25) is 0 Å². The van der Waals surface area contributed by atoms with Crippen LogP contribution in [0.3, 0.4) is 0 Å². The number of imidazole rings is 1. The fourth-order valence-electron chi connectivity index (χ4n) is 5.75. The lowest BCUT2D eigenvalue weighted by atomic mass is 9.98. The molecule has 2 fully saturated rings. The van der Waals surface area contributed by atoms with Gasteiger partial charge in [-0.1, -0.05) is 18.2 Å². The van der Waals surface area contributed by atoms with Gasteiger partial charge in [-0.05, 0) is 69.6 Å². The van der Waals surface area contributed by atoms with Crippen LogP contribution in [0.15, 0.2) is 29.8 Å². The van der Waals surface area contributed by atoms with E-state index in [1.807, 2.05) is 30.3 Å². The standard InChI is InChI=1S/C27H29N5O3S2/c1-14-5-6-19(11-15(14)2)23-22(30-17(4)37-23)24(33)32-20-8-7-18(12-20)21(32)13-28-27(34)35-25-16(3)29-26-31(25)9-10-36-26/h5-6,9-11,18,20-21H,7-8,12-13H2,1-4H3,(H,28,34)/t18-,20+,21+/m0/s1. The Bertz CT molecular complexity index is 1520.